The molecule has 1 heteroatoms. The molecular formula is C20H32O. The van der Waals surface area contributed by atoms with E-state index in [4.69, 9.17) is 0 Å². The van der Waals surface area contributed by atoms with E-state index in [9.17, 15) is 5.11 Å². The van der Waals surface area contributed by atoms with Crippen molar-refractivity contribution in [3.63, 3.8) is 0 Å². The van der Waals surface area contributed by atoms with Gasteiger partial charge in [-0.25, -0.2) is 0 Å². The molecule has 3 aliphatic rings. The zero-order valence-corrected chi connectivity index (χ0v) is 14.1. The second-order valence-corrected chi connectivity index (χ2v) is 8.87. The van der Waals surface area contributed by atoms with Crippen molar-refractivity contribution in [2.45, 2.75) is 65.7 Å². The van der Waals surface area contributed by atoms with Gasteiger partial charge in [0.1, 0.15) is 0 Å². The van der Waals surface area contributed by atoms with Gasteiger partial charge in [0.15, 0.2) is 0 Å². The topological polar surface area (TPSA) is 20.2 Å². The Balaban J connectivity index is 1.94. The second kappa shape index (κ2) is 4.98. The number of aliphatic hydroxyl groups is 1. The van der Waals surface area contributed by atoms with Crippen LogP contribution in [0.2, 0.25) is 0 Å². The quantitative estimate of drug-likeness (QED) is 0.700. The van der Waals surface area contributed by atoms with Crippen molar-refractivity contribution in [2.75, 3.05) is 6.61 Å². The van der Waals surface area contributed by atoms with Crippen LogP contribution >= 0.6 is 0 Å². The molecule has 0 bridgehead atoms. The second-order valence-electron chi connectivity index (χ2n) is 8.87. The smallest absolute Gasteiger partial charge is 0.0487 e. The summed E-state index contributed by atoms with van der Waals surface area (Å²) in [6.07, 6.45) is 13.5. The van der Waals surface area contributed by atoms with E-state index in [1.54, 1.807) is 5.57 Å². The fraction of sp³-hybridized carbons (Fsp3) is 0.800. The lowest BCUT2D eigenvalue weighted by Gasteiger charge is -2.59. The van der Waals surface area contributed by atoms with Crippen LogP contribution in [0.5, 0.6) is 0 Å². The maximum Gasteiger partial charge on any atom is 0.0487 e. The molecule has 118 valence electrons. The van der Waals surface area contributed by atoms with Gasteiger partial charge in [-0.1, -0.05) is 44.9 Å². The number of aliphatic hydroxyl groups excluding tert-OH is 1. The Morgan fingerprint density at radius 3 is 2.71 bits per heavy atom. The minimum atomic E-state index is 0.133. The zero-order valence-electron chi connectivity index (χ0n) is 14.1. The van der Waals surface area contributed by atoms with E-state index in [-0.39, 0.29) is 5.41 Å². The van der Waals surface area contributed by atoms with Crippen molar-refractivity contribution in [3.05, 3.63) is 24.3 Å². The summed E-state index contributed by atoms with van der Waals surface area (Å²) < 4.78 is 0. The predicted octanol–water partition coefficient (Wildman–Crippen LogP) is 5.11. The molecule has 0 aromatic carbocycles. The first-order valence-corrected chi connectivity index (χ1v) is 8.80. The first kappa shape index (κ1) is 15.3. The third-order valence-corrected chi connectivity index (χ3v) is 7.43. The third kappa shape index (κ3) is 2.23. The molecule has 0 heterocycles. The first-order chi connectivity index (χ1) is 9.87. The third-order valence-electron chi connectivity index (χ3n) is 7.43. The largest absolute Gasteiger partial charge is 0.396 e. The molecule has 0 aromatic rings. The molecule has 3 rings (SSSR count). The maximum absolute atomic E-state index is 9.99. The summed E-state index contributed by atoms with van der Waals surface area (Å²) >= 11 is 0. The predicted molar refractivity (Wildman–Crippen MR) is 89.0 cm³/mol. The summed E-state index contributed by atoms with van der Waals surface area (Å²) in [5, 5.41) is 9.99. The van der Waals surface area contributed by atoms with E-state index in [0.29, 0.717) is 23.4 Å². The van der Waals surface area contributed by atoms with Gasteiger partial charge in [0, 0.05) is 6.61 Å². The van der Waals surface area contributed by atoms with E-state index in [0.717, 1.165) is 5.92 Å². The van der Waals surface area contributed by atoms with E-state index in [2.05, 4.69) is 39.5 Å². The Morgan fingerprint density at radius 2 is 2.05 bits per heavy atom. The van der Waals surface area contributed by atoms with E-state index < -0.39 is 0 Å². The summed E-state index contributed by atoms with van der Waals surface area (Å²) in [7, 11) is 0. The highest BCUT2D eigenvalue weighted by atomic mass is 16.3. The highest BCUT2D eigenvalue weighted by molar-refractivity contribution is 5.25. The van der Waals surface area contributed by atoms with Gasteiger partial charge in [0.2, 0.25) is 0 Å². The molecule has 0 spiro atoms. The van der Waals surface area contributed by atoms with Crippen LogP contribution in [-0.4, -0.2) is 11.7 Å². The van der Waals surface area contributed by atoms with Crippen LogP contribution in [0.25, 0.3) is 0 Å². The Morgan fingerprint density at radius 1 is 1.29 bits per heavy atom. The Kier molecular flexibility index (Phi) is 3.64. The number of fused-ring (bicyclic) bond motifs is 3. The minimum absolute atomic E-state index is 0.133. The van der Waals surface area contributed by atoms with Crippen molar-refractivity contribution in [3.8, 4) is 0 Å². The average Bonchev–Trinajstić information content (AvgIpc) is 2.46. The van der Waals surface area contributed by atoms with Gasteiger partial charge >= 0.3 is 0 Å². The molecule has 2 saturated carbocycles. The number of allylic oxidation sites excluding steroid dienone is 3. The number of hydrogen-bond donors (Lipinski definition) is 1. The fourth-order valence-electron chi connectivity index (χ4n) is 5.93. The van der Waals surface area contributed by atoms with Gasteiger partial charge in [0.25, 0.3) is 0 Å². The molecule has 1 N–H and O–H groups in total. The van der Waals surface area contributed by atoms with Crippen LogP contribution in [0.4, 0.5) is 0 Å². The first-order valence-electron chi connectivity index (χ1n) is 8.80. The molecule has 5 atom stereocenters. The molecular weight excluding hydrogens is 256 g/mol. The van der Waals surface area contributed by atoms with Gasteiger partial charge in [-0.2, -0.15) is 0 Å². The van der Waals surface area contributed by atoms with Crippen molar-refractivity contribution in [1.29, 1.82) is 0 Å². The maximum atomic E-state index is 9.99. The summed E-state index contributed by atoms with van der Waals surface area (Å²) in [5.74, 6) is 1.40. The van der Waals surface area contributed by atoms with Crippen LogP contribution in [0.1, 0.15) is 65.7 Å². The Bertz CT molecular complexity index is 464. The fourth-order valence-corrected chi connectivity index (χ4v) is 5.93. The molecule has 0 unspecified atom stereocenters. The SMILES string of the molecule is C=C[C@@]1(C)CC[C@H]2C(=CC[C@@H]3[C@@](C)(CO)CCC[C@]32C)C1. The molecule has 0 saturated heterocycles. The van der Waals surface area contributed by atoms with Crippen LogP contribution in [0, 0.1) is 28.1 Å². The summed E-state index contributed by atoms with van der Waals surface area (Å²) in [6.45, 7) is 11.6. The molecule has 0 radical (unpaired) electrons. The summed E-state index contributed by atoms with van der Waals surface area (Å²) in [5.41, 5.74) is 2.54. The Hall–Kier alpha value is -0.560. The monoisotopic (exact) mass is 288 g/mol. The van der Waals surface area contributed by atoms with Crippen molar-refractivity contribution >= 4 is 0 Å². The lowest BCUT2D eigenvalue weighted by Crippen LogP contribution is -2.52. The molecule has 2 fully saturated rings. The summed E-state index contributed by atoms with van der Waals surface area (Å²) in [4.78, 5) is 0. The standard InChI is InChI=1S/C20H32O/c1-5-18(2)12-9-16-15(13-18)7-8-17-19(3,14-21)10-6-11-20(16,17)4/h5,7,16-17,21H,1,6,8-14H2,2-4H3/t16-,17+,18-,19+,20-/m0/s1. The van der Waals surface area contributed by atoms with Gasteiger partial charge < -0.3 is 5.11 Å². The zero-order chi connectivity index (χ0) is 15.3. The number of rotatable bonds is 2. The molecule has 1 nitrogen and oxygen atoms in total. The normalized spacial score (nSPS) is 49.8. The lowest BCUT2D eigenvalue weighted by atomic mass is 9.45. The van der Waals surface area contributed by atoms with E-state index in [1.165, 1.54) is 44.9 Å². The van der Waals surface area contributed by atoms with Crippen LogP contribution in [-0.2, 0) is 0 Å². The molecule has 0 aliphatic heterocycles. The number of hydrogen-bond acceptors (Lipinski definition) is 1. The van der Waals surface area contributed by atoms with Crippen molar-refractivity contribution in [1.82, 2.24) is 0 Å². The van der Waals surface area contributed by atoms with Crippen molar-refractivity contribution < 1.29 is 5.11 Å². The minimum Gasteiger partial charge on any atom is -0.396 e. The molecule has 0 amide bonds. The van der Waals surface area contributed by atoms with Crippen LogP contribution in [0.3, 0.4) is 0 Å². The van der Waals surface area contributed by atoms with Gasteiger partial charge in [-0.15, -0.1) is 6.58 Å². The Labute approximate surface area is 130 Å². The highest BCUT2D eigenvalue weighted by Gasteiger charge is 2.55. The van der Waals surface area contributed by atoms with E-state index >= 15 is 0 Å². The van der Waals surface area contributed by atoms with Crippen LogP contribution in [0.15, 0.2) is 24.3 Å². The summed E-state index contributed by atoms with van der Waals surface area (Å²) in [6, 6.07) is 0. The van der Waals surface area contributed by atoms with Crippen molar-refractivity contribution in [2.24, 2.45) is 28.1 Å². The van der Waals surface area contributed by atoms with E-state index in [1.807, 2.05) is 0 Å². The molecule has 3 aliphatic carbocycles. The molecule has 21 heavy (non-hydrogen) atoms. The van der Waals surface area contributed by atoms with Gasteiger partial charge in [-0.3, -0.25) is 0 Å². The average molecular weight is 288 g/mol. The lowest BCUT2D eigenvalue weighted by molar-refractivity contribution is -0.0805. The highest BCUT2D eigenvalue weighted by Crippen LogP contribution is 2.63. The molecule has 0 aromatic heterocycles. The van der Waals surface area contributed by atoms with Gasteiger partial charge in [-0.05, 0) is 66.6 Å². The van der Waals surface area contributed by atoms with Gasteiger partial charge in [0.05, 0.1) is 0 Å². The van der Waals surface area contributed by atoms with Crippen LogP contribution < -0.4 is 0 Å².